The summed E-state index contributed by atoms with van der Waals surface area (Å²) in [6, 6.07) is -0.925. The number of likely N-dealkylation sites (N-methyl/N-ethyl adjacent to an activating group) is 1. The Labute approximate surface area is 144 Å². The van der Waals surface area contributed by atoms with E-state index in [1.807, 2.05) is 17.7 Å². The summed E-state index contributed by atoms with van der Waals surface area (Å²) in [6.07, 6.45) is 6.46. The SMILES string of the molecule is Cc1c[n+]2c(n1C1CCCC1)N=C1C2C(=O)N(CC(N)=O)C(=O)N1C. The topological polar surface area (TPSA) is 105 Å². The van der Waals surface area contributed by atoms with Gasteiger partial charge in [0, 0.05) is 7.05 Å². The number of urea groups is 1. The average Bonchev–Trinajstić information content (AvgIpc) is 3.24. The molecule has 1 saturated heterocycles. The predicted octanol–water partition coefficient (Wildman–Crippen LogP) is 0.163. The number of imide groups is 1. The molecule has 2 fully saturated rings. The van der Waals surface area contributed by atoms with Gasteiger partial charge in [0.15, 0.2) is 0 Å². The van der Waals surface area contributed by atoms with Crippen LogP contribution in [-0.4, -0.2) is 51.6 Å². The molecule has 1 aliphatic carbocycles. The van der Waals surface area contributed by atoms with E-state index in [1.54, 1.807) is 7.05 Å². The molecule has 0 radical (unpaired) electrons. The van der Waals surface area contributed by atoms with Crippen molar-refractivity contribution in [3.8, 4) is 0 Å². The van der Waals surface area contributed by atoms with Gasteiger partial charge in [-0.05, 0) is 32.6 Å². The molecular formula is C16H21N6O3+. The van der Waals surface area contributed by atoms with Crippen molar-refractivity contribution in [2.24, 2.45) is 10.7 Å². The number of carbonyl (C=O) groups is 3. The number of imidazole rings is 1. The first-order valence-electron chi connectivity index (χ1n) is 8.49. The molecule has 0 bridgehead atoms. The lowest BCUT2D eigenvalue weighted by molar-refractivity contribution is -0.677. The first-order chi connectivity index (χ1) is 11.9. The van der Waals surface area contributed by atoms with Gasteiger partial charge in [-0.15, -0.1) is 0 Å². The zero-order valence-electron chi connectivity index (χ0n) is 14.3. The third-order valence-corrected chi connectivity index (χ3v) is 5.25. The molecule has 1 atom stereocenters. The lowest BCUT2D eigenvalue weighted by Gasteiger charge is -2.32. The first kappa shape index (κ1) is 15.8. The number of nitrogens with zero attached hydrogens (tertiary/aromatic N) is 5. The van der Waals surface area contributed by atoms with Crippen LogP contribution in [0.15, 0.2) is 11.2 Å². The number of aryl methyl sites for hydroxylation is 1. The van der Waals surface area contributed by atoms with Crippen LogP contribution in [0.1, 0.15) is 43.5 Å². The van der Waals surface area contributed by atoms with Crippen LogP contribution in [0.25, 0.3) is 0 Å². The zero-order chi connectivity index (χ0) is 17.9. The highest BCUT2D eigenvalue weighted by Gasteiger charge is 2.53. The number of primary amides is 1. The number of aromatic nitrogens is 2. The van der Waals surface area contributed by atoms with Gasteiger partial charge in [0.25, 0.3) is 5.91 Å². The summed E-state index contributed by atoms with van der Waals surface area (Å²) in [4.78, 5) is 43.4. The van der Waals surface area contributed by atoms with E-state index >= 15 is 0 Å². The largest absolute Gasteiger partial charge is 0.402 e. The van der Waals surface area contributed by atoms with Crippen molar-refractivity contribution in [1.82, 2.24) is 14.4 Å². The molecule has 25 heavy (non-hydrogen) atoms. The van der Waals surface area contributed by atoms with Crippen molar-refractivity contribution in [1.29, 1.82) is 0 Å². The fraction of sp³-hybridized carbons (Fsp3) is 0.562. The lowest BCUT2D eigenvalue weighted by atomic mass is 10.1. The summed E-state index contributed by atoms with van der Waals surface area (Å²) in [6.45, 7) is 1.58. The summed E-state index contributed by atoms with van der Waals surface area (Å²) in [5, 5.41) is 0. The molecule has 2 N–H and O–H groups in total. The van der Waals surface area contributed by atoms with E-state index in [1.165, 1.54) is 17.7 Å². The average molecular weight is 345 g/mol. The van der Waals surface area contributed by atoms with Crippen molar-refractivity contribution >= 4 is 29.6 Å². The number of carbonyl (C=O) groups excluding carboxylic acids is 3. The van der Waals surface area contributed by atoms with Crippen molar-refractivity contribution in [2.75, 3.05) is 13.6 Å². The minimum Gasteiger partial charge on any atom is -0.368 e. The predicted molar refractivity (Wildman–Crippen MR) is 87.1 cm³/mol. The monoisotopic (exact) mass is 345 g/mol. The summed E-state index contributed by atoms with van der Waals surface area (Å²) in [5.74, 6) is -0.0952. The van der Waals surface area contributed by atoms with Crippen LogP contribution in [0.3, 0.4) is 0 Å². The summed E-state index contributed by atoms with van der Waals surface area (Å²) in [7, 11) is 1.56. The van der Waals surface area contributed by atoms with Gasteiger partial charge in [0.2, 0.25) is 17.8 Å². The third kappa shape index (κ3) is 2.18. The fourth-order valence-electron chi connectivity index (χ4n) is 4.12. The van der Waals surface area contributed by atoms with Gasteiger partial charge in [-0.3, -0.25) is 19.4 Å². The highest BCUT2D eigenvalue weighted by Crippen LogP contribution is 2.36. The molecular weight excluding hydrogens is 324 g/mol. The first-order valence-corrected chi connectivity index (χ1v) is 8.49. The number of hydrogen-bond donors (Lipinski definition) is 1. The molecule has 1 unspecified atom stereocenters. The Morgan fingerprint density at radius 2 is 2.04 bits per heavy atom. The third-order valence-electron chi connectivity index (χ3n) is 5.25. The summed E-state index contributed by atoms with van der Waals surface area (Å²) >= 11 is 0. The van der Waals surface area contributed by atoms with E-state index in [-0.39, 0.29) is 0 Å². The van der Waals surface area contributed by atoms with E-state index < -0.39 is 30.4 Å². The molecule has 4 rings (SSSR count). The number of aliphatic imine (C=N–C) groups is 1. The fourth-order valence-corrected chi connectivity index (χ4v) is 4.12. The Morgan fingerprint density at radius 1 is 1.36 bits per heavy atom. The Balaban J connectivity index is 1.79. The molecule has 2 aliphatic heterocycles. The number of amidine groups is 1. The van der Waals surface area contributed by atoms with E-state index in [2.05, 4.69) is 9.56 Å². The molecule has 9 heteroatoms. The summed E-state index contributed by atoms with van der Waals surface area (Å²) in [5.41, 5.74) is 6.23. The molecule has 0 aromatic carbocycles. The maximum atomic E-state index is 12.9. The second-order valence-electron chi connectivity index (χ2n) is 6.89. The minimum atomic E-state index is -0.724. The summed E-state index contributed by atoms with van der Waals surface area (Å²) < 4.78 is 3.98. The van der Waals surface area contributed by atoms with Crippen LogP contribution in [-0.2, 0) is 9.59 Å². The van der Waals surface area contributed by atoms with Gasteiger partial charge in [-0.25, -0.2) is 13.9 Å². The smallest absolute Gasteiger partial charge is 0.368 e. The van der Waals surface area contributed by atoms with Crippen LogP contribution >= 0.6 is 0 Å². The number of amides is 4. The van der Waals surface area contributed by atoms with Crippen LogP contribution in [0.5, 0.6) is 0 Å². The molecule has 3 aliphatic rings. The Bertz CT molecular complexity index is 820. The standard InChI is InChI=1S/C16H20N6O3/c1-9-7-20-12-13(18-15(20)22(9)10-5-3-4-6-10)19(2)16(25)21(14(12)24)8-11(17)23/h7,10,12H,3-6,8H2,1-2H3,(H-,17,23)/p+1. The molecule has 1 saturated carbocycles. The Hall–Kier alpha value is -2.71. The number of fused-ring (bicyclic) bond motifs is 3. The van der Waals surface area contributed by atoms with Gasteiger partial charge in [0.1, 0.15) is 18.4 Å². The van der Waals surface area contributed by atoms with E-state index in [9.17, 15) is 14.4 Å². The second-order valence-corrected chi connectivity index (χ2v) is 6.89. The Kier molecular flexibility index (Phi) is 3.41. The number of nitrogens with two attached hydrogens (primary N) is 1. The molecule has 9 nitrogen and oxygen atoms in total. The molecule has 132 valence electrons. The van der Waals surface area contributed by atoms with Crippen LogP contribution in [0.4, 0.5) is 10.7 Å². The van der Waals surface area contributed by atoms with Gasteiger partial charge in [0.05, 0.1) is 6.04 Å². The van der Waals surface area contributed by atoms with E-state index in [4.69, 9.17) is 5.73 Å². The van der Waals surface area contributed by atoms with E-state index in [0.29, 0.717) is 17.8 Å². The lowest BCUT2D eigenvalue weighted by Crippen LogP contribution is -2.63. The van der Waals surface area contributed by atoms with Gasteiger partial charge in [-0.2, -0.15) is 0 Å². The van der Waals surface area contributed by atoms with Gasteiger partial charge >= 0.3 is 12.0 Å². The highest BCUT2D eigenvalue weighted by atomic mass is 16.2. The van der Waals surface area contributed by atoms with Crippen LogP contribution in [0.2, 0.25) is 0 Å². The molecule has 3 heterocycles. The molecule has 4 amide bonds. The van der Waals surface area contributed by atoms with Gasteiger partial charge < -0.3 is 5.73 Å². The van der Waals surface area contributed by atoms with E-state index in [0.717, 1.165) is 23.4 Å². The highest BCUT2D eigenvalue weighted by molar-refractivity contribution is 6.19. The zero-order valence-corrected chi connectivity index (χ0v) is 14.3. The maximum absolute atomic E-state index is 12.9. The van der Waals surface area contributed by atoms with Crippen molar-refractivity contribution in [2.45, 2.75) is 44.7 Å². The van der Waals surface area contributed by atoms with Gasteiger partial charge in [-0.1, -0.05) is 4.99 Å². The molecule has 1 aromatic heterocycles. The van der Waals surface area contributed by atoms with Crippen molar-refractivity contribution < 1.29 is 19.0 Å². The quantitative estimate of drug-likeness (QED) is 0.789. The van der Waals surface area contributed by atoms with Crippen LogP contribution in [0, 0.1) is 6.92 Å². The molecule has 0 spiro atoms. The second kappa shape index (κ2) is 5.40. The Morgan fingerprint density at radius 3 is 2.68 bits per heavy atom. The molecule has 1 aromatic rings. The van der Waals surface area contributed by atoms with Crippen LogP contribution < -0.4 is 10.3 Å². The normalized spacial score (nSPS) is 23.1. The maximum Gasteiger partial charge on any atom is 0.402 e. The van der Waals surface area contributed by atoms with Crippen molar-refractivity contribution in [3.05, 3.63) is 11.9 Å². The minimum absolute atomic E-state index is 0.374. The number of hydrogen-bond acceptors (Lipinski definition) is 4. The number of rotatable bonds is 3. The van der Waals surface area contributed by atoms with Crippen molar-refractivity contribution in [3.63, 3.8) is 0 Å².